The Morgan fingerprint density at radius 3 is 2.82 bits per heavy atom. The summed E-state index contributed by atoms with van der Waals surface area (Å²) in [6.45, 7) is 4.24. The lowest BCUT2D eigenvalue weighted by Gasteiger charge is -2.33. The minimum Gasteiger partial charge on any atom is -0.332 e. The Kier molecular flexibility index (Phi) is 4.26. The number of hydrogen-bond donors (Lipinski definition) is 1. The van der Waals surface area contributed by atoms with E-state index in [1.54, 1.807) is 23.0 Å². The van der Waals surface area contributed by atoms with Crippen LogP contribution in [0.1, 0.15) is 17.4 Å². The normalized spacial score (nSPS) is 18.5. The smallest absolute Gasteiger partial charge is 0.275 e. The summed E-state index contributed by atoms with van der Waals surface area (Å²) in [7, 11) is 0. The molecule has 0 saturated carbocycles. The number of hydrogen-bond acceptors (Lipinski definition) is 3. The predicted octanol–water partition coefficient (Wildman–Crippen LogP) is 2.21. The van der Waals surface area contributed by atoms with Crippen LogP contribution in [0.3, 0.4) is 0 Å². The van der Waals surface area contributed by atoms with E-state index in [4.69, 9.17) is 0 Å². The molecule has 1 fully saturated rings. The fourth-order valence-electron chi connectivity index (χ4n) is 2.50. The van der Waals surface area contributed by atoms with E-state index < -0.39 is 0 Å². The second-order valence-corrected chi connectivity index (χ2v) is 6.15. The van der Waals surface area contributed by atoms with E-state index in [2.05, 4.69) is 26.3 Å². The van der Waals surface area contributed by atoms with Gasteiger partial charge in [0, 0.05) is 31.9 Å². The van der Waals surface area contributed by atoms with E-state index in [0.717, 1.165) is 13.1 Å². The minimum absolute atomic E-state index is 0.0956. The molecule has 0 spiro atoms. The summed E-state index contributed by atoms with van der Waals surface area (Å²) >= 11 is 3.40. The molecule has 116 valence electrons. The van der Waals surface area contributed by atoms with Crippen LogP contribution >= 0.6 is 15.9 Å². The highest BCUT2D eigenvalue weighted by molar-refractivity contribution is 9.10. The zero-order valence-corrected chi connectivity index (χ0v) is 13.7. The second kappa shape index (κ2) is 6.18. The summed E-state index contributed by atoms with van der Waals surface area (Å²) in [6.07, 6.45) is 1.72. The number of nitrogens with zero attached hydrogens (tertiary/aromatic N) is 3. The van der Waals surface area contributed by atoms with Gasteiger partial charge in [-0.05, 0) is 47.1 Å². The zero-order valence-electron chi connectivity index (χ0n) is 12.1. The van der Waals surface area contributed by atoms with Crippen LogP contribution in [0.15, 0.2) is 34.9 Å². The monoisotopic (exact) mass is 366 g/mol. The van der Waals surface area contributed by atoms with Crippen molar-refractivity contribution in [2.24, 2.45) is 0 Å². The van der Waals surface area contributed by atoms with E-state index in [1.807, 2.05) is 11.8 Å². The van der Waals surface area contributed by atoms with Gasteiger partial charge in [0.1, 0.15) is 5.82 Å². The number of benzene rings is 1. The van der Waals surface area contributed by atoms with Crippen LogP contribution in [-0.4, -0.2) is 46.3 Å². The van der Waals surface area contributed by atoms with Crippen molar-refractivity contribution >= 4 is 21.8 Å². The Bertz CT molecular complexity index is 685. The molecule has 1 aromatic carbocycles. The van der Waals surface area contributed by atoms with Gasteiger partial charge in [-0.2, -0.15) is 5.10 Å². The molecule has 0 aliphatic carbocycles. The van der Waals surface area contributed by atoms with Gasteiger partial charge in [-0.3, -0.25) is 4.79 Å². The fourth-order valence-corrected chi connectivity index (χ4v) is 2.95. The molecular formula is C15H16BrFN4O. The molecule has 0 radical (unpaired) electrons. The lowest BCUT2D eigenvalue weighted by molar-refractivity contribution is 0.0648. The zero-order chi connectivity index (χ0) is 15.7. The van der Waals surface area contributed by atoms with E-state index in [1.165, 1.54) is 12.1 Å². The van der Waals surface area contributed by atoms with E-state index in [0.29, 0.717) is 22.4 Å². The van der Waals surface area contributed by atoms with Crippen LogP contribution in [0.25, 0.3) is 5.69 Å². The molecule has 1 saturated heterocycles. The predicted molar refractivity (Wildman–Crippen MR) is 84.6 cm³/mol. The van der Waals surface area contributed by atoms with Crippen LogP contribution in [-0.2, 0) is 0 Å². The Balaban J connectivity index is 1.88. The maximum Gasteiger partial charge on any atom is 0.275 e. The molecule has 1 amide bonds. The van der Waals surface area contributed by atoms with Crippen LogP contribution in [0.4, 0.5) is 4.39 Å². The number of carbonyl (C=O) groups excluding carboxylic acids is 1. The van der Waals surface area contributed by atoms with Gasteiger partial charge in [-0.25, -0.2) is 9.07 Å². The molecule has 1 aromatic heterocycles. The van der Waals surface area contributed by atoms with Gasteiger partial charge < -0.3 is 10.2 Å². The first-order chi connectivity index (χ1) is 10.6. The van der Waals surface area contributed by atoms with Gasteiger partial charge in [0.25, 0.3) is 5.91 Å². The minimum atomic E-state index is -0.305. The number of carbonyl (C=O) groups is 1. The standard InChI is InChI=1S/C15H16BrFN4O/c1-10-8-18-6-7-20(10)15(22)14-13(16)9-21(19-14)12-4-2-11(17)3-5-12/h2-5,9-10,18H,6-8H2,1H3/t10-/m1/s1. The third-order valence-electron chi connectivity index (χ3n) is 3.73. The summed E-state index contributed by atoms with van der Waals surface area (Å²) in [4.78, 5) is 14.5. The first-order valence-electron chi connectivity index (χ1n) is 7.09. The van der Waals surface area contributed by atoms with Gasteiger partial charge >= 0.3 is 0 Å². The molecule has 2 heterocycles. The molecule has 1 aliphatic heterocycles. The van der Waals surface area contributed by atoms with Gasteiger partial charge in [-0.15, -0.1) is 0 Å². The van der Waals surface area contributed by atoms with Crippen molar-refractivity contribution in [3.63, 3.8) is 0 Å². The number of piperazine rings is 1. The number of nitrogens with one attached hydrogen (secondary N) is 1. The summed E-state index contributed by atoms with van der Waals surface area (Å²) in [5.74, 6) is -0.400. The first-order valence-corrected chi connectivity index (χ1v) is 7.88. The maximum absolute atomic E-state index is 13.0. The summed E-state index contributed by atoms with van der Waals surface area (Å²) in [5, 5.41) is 7.61. The summed E-state index contributed by atoms with van der Waals surface area (Å²) in [5.41, 5.74) is 1.08. The lowest BCUT2D eigenvalue weighted by Crippen LogP contribution is -2.52. The van der Waals surface area contributed by atoms with Crippen LogP contribution in [0, 0.1) is 5.82 Å². The third-order valence-corrected chi connectivity index (χ3v) is 4.31. The molecule has 7 heteroatoms. The molecule has 1 aliphatic rings. The van der Waals surface area contributed by atoms with Crippen molar-refractivity contribution in [1.82, 2.24) is 20.0 Å². The molecule has 2 aromatic rings. The molecular weight excluding hydrogens is 351 g/mol. The van der Waals surface area contributed by atoms with Crippen LogP contribution in [0.2, 0.25) is 0 Å². The Hall–Kier alpha value is -1.73. The van der Waals surface area contributed by atoms with Gasteiger partial charge in [0.15, 0.2) is 5.69 Å². The highest BCUT2D eigenvalue weighted by atomic mass is 79.9. The molecule has 1 atom stereocenters. The quantitative estimate of drug-likeness (QED) is 0.886. The van der Waals surface area contributed by atoms with E-state index in [9.17, 15) is 9.18 Å². The van der Waals surface area contributed by atoms with Crippen molar-refractivity contribution in [3.05, 3.63) is 46.4 Å². The molecule has 5 nitrogen and oxygen atoms in total. The van der Waals surface area contributed by atoms with Crippen molar-refractivity contribution in [3.8, 4) is 5.69 Å². The maximum atomic E-state index is 13.0. The fraction of sp³-hybridized carbons (Fsp3) is 0.333. The van der Waals surface area contributed by atoms with Crippen molar-refractivity contribution in [1.29, 1.82) is 0 Å². The molecule has 3 rings (SSSR count). The summed E-state index contributed by atoms with van der Waals surface area (Å²) in [6, 6.07) is 6.10. The topological polar surface area (TPSA) is 50.2 Å². The Labute approximate surface area is 136 Å². The van der Waals surface area contributed by atoms with Crippen LogP contribution in [0.5, 0.6) is 0 Å². The SMILES string of the molecule is C[C@@H]1CNCCN1C(=O)c1nn(-c2ccc(F)cc2)cc1Br. The van der Waals surface area contributed by atoms with Gasteiger partial charge in [0.05, 0.1) is 10.2 Å². The van der Waals surface area contributed by atoms with Gasteiger partial charge in [-0.1, -0.05) is 0 Å². The second-order valence-electron chi connectivity index (χ2n) is 5.30. The first kappa shape index (κ1) is 15.2. The highest BCUT2D eigenvalue weighted by Gasteiger charge is 2.27. The molecule has 0 unspecified atom stereocenters. The summed E-state index contributed by atoms with van der Waals surface area (Å²) < 4.78 is 15.2. The number of aromatic nitrogens is 2. The largest absolute Gasteiger partial charge is 0.332 e. The number of rotatable bonds is 2. The van der Waals surface area contributed by atoms with Crippen molar-refractivity contribution < 1.29 is 9.18 Å². The molecule has 0 bridgehead atoms. The van der Waals surface area contributed by atoms with Crippen molar-refractivity contribution in [2.75, 3.05) is 19.6 Å². The van der Waals surface area contributed by atoms with E-state index >= 15 is 0 Å². The third kappa shape index (κ3) is 2.91. The highest BCUT2D eigenvalue weighted by Crippen LogP contribution is 2.21. The average molecular weight is 367 g/mol. The average Bonchev–Trinajstić information content (AvgIpc) is 2.90. The molecule has 22 heavy (non-hydrogen) atoms. The lowest BCUT2D eigenvalue weighted by atomic mass is 10.2. The Morgan fingerprint density at radius 1 is 1.41 bits per heavy atom. The number of halogens is 2. The van der Waals surface area contributed by atoms with Crippen molar-refractivity contribution in [2.45, 2.75) is 13.0 Å². The van der Waals surface area contributed by atoms with Crippen LogP contribution < -0.4 is 5.32 Å². The van der Waals surface area contributed by atoms with E-state index in [-0.39, 0.29) is 17.8 Å². The number of amides is 1. The molecule has 1 N–H and O–H groups in total. The Morgan fingerprint density at radius 2 is 2.14 bits per heavy atom. The van der Waals surface area contributed by atoms with Gasteiger partial charge in [0.2, 0.25) is 0 Å².